The quantitative estimate of drug-likeness (QED) is 0.338. The Balaban J connectivity index is 3.37. The van der Waals surface area contributed by atoms with Gasteiger partial charge in [0.2, 0.25) is 6.17 Å². The summed E-state index contributed by atoms with van der Waals surface area (Å²) in [6, 6.07) is 2.52. The number of hydrogen-bond donors (Lipinski definition) is 0. The summed E-state index contributed by atoms with van der Waals surface area (Å²) in [6.45, 7) is 0. The fourth-order valence-corrected chi connectivity index (χ4v) is 2.18. The second-order valence-electron chi connectivity index (χ2n) is 5.49. The van der Waals surface area contributed by atoms with Crippen LogP contribution < -0.4 is 0 Å². The van der Waals surface area contributed by atoms with Crippen molar-refractivity contribution in [3.05, 3.63) is 34.3 Å². The average molecular weight is 503 g/mol. The zero-order valence-electron chi connectivity index (χ0n) is 12.9. The Morgan fingerprint density at radius 3 is 1.43 bits per heavy atom. The first-order chi connectivity index (χ1) is 12.4. The molecule has 3 unspecified atom stereocenters. The summed E-state index contributed by atoms with van der Waals surface area (Å²) >= 11 is 2.77. The van der Waals surface area contributed by atoms with Gasteiger partial charge in [0.1, 0.15) is 0 Å². The fourth-order valence-electron chi connectivity index (χ4n) is 1.92. The van der Waals surface area contributed by atoms with Crippen molar-refractivity contribution in [1.29, 1.82) is 0 Å². The Hall–Kier alpha value is -1.21. The molecule has 28 heavy (non-hydrogen) atoms. The van der Waals surface area contributed by atoms with Gasteiger partial charge in [0.05, 0.1) is 0 Å². The lowest BCUT2D eigenvalue weighted by molar-refractivity contribution is -0.387. The van der Waals surface area contributed by atoms with Crippen molar-refractivity contribution in [2.75, 3.05) is 0 Å². The molecule has 0 saturated carbocycles. The molecule has 0 N–H and O–H groups in total. The lowest BCUT2D eigenvalue weighted by Crippen LogP contribution is -2.67. The highest BCUT2D eigenvalue weighted by Gasteiger charge is 2.84. The van der Waals surface area contributed by atoms with E-state index in [0.29, 0.717) is 12.1 Å². The Labute approximate surface area is 156 Å². The Bertz CT molecular complexity index is 658. The highest BCUT2D eigenvalue weighted by Crippen LogP contribution is 2.58. The van der Waals surface area contributed by atoms with Crippen LogP contribution in [0.5, 0.6) is 0 Å². The van der Waals surface area contributed by atoms with Gasteiger partial charge in [0, 0.05) is 4.47 Å². The number of benzene rings is 1. The second kappa shape index (κ2) is 7.90. The van der Waals surface area contributed by atoms with E-state index in [2.05, 4.69) is 15.9 Å². The molecule has 0 spiro atoms. The smallest absolute Gasteiger partial charge is 0.238 e. The molecular weight excluding hydrogens is 495 g/mol. The van der Waals surface area contributed by atoms with Crippen LogP contribution >= 0.6 is 15.9 Å². The van der Waals surface area contributed by atoms with Gasteiger partial charge in [0.25, 0.3) is 6.43 Å². The van der Waals surface area contributed by atoms with Crippen molar-refractivity contribution in [2.45, 2.75) is 48.6 Å². The molecule has 0 aliphatic carbocycles. The van der Waals surface area contributed by atoms with Gasteiger partial charge in [-0.25, -0.2) is 22.0 Å². The Morgan fingerprint density at radius 1 is 0.643 bits per heavy atom. The molecular formula is C14H8BrF13. The molecule has 14 heteroatoms. The van der Waals surface area contributed by atoms with E-state index < -0.39 is 54.2 Å². The third-order valence-electron chi connectivity index (χ3n) is 3.58. The average Bonchev–Trinajstić information content (AvgIpc) is 2.59. The number of hydrogen-bond acceptors (Lipinski definition) is 0. The molecule has 1 rings (SSSR count). The van der Waals surface area contributed by atoms with Gasteiger partial charge in [-0.2, -0.15) is 35.1 Å². The van der Waals surface area contributed by atoms with Crippen LogP contribution in [0.2, 0.25) is 0 Å². The van der Waals surface area contributed by atoms with Crippen LogP contribution in [-0.2, 0) is 0 Å². The molecule has 0 bridgehead atoms. The molecule has 1 aromatic carbocycles. The molecule has 0 heterocycles. The van der Waals surface area contributed by atoms with Crippen LogP contribution in [0.1, 0.15) is 11.7 Å². The van der Waals surface area contributed by atoms with Crippen LogP contribution in [0.3, 0.4) is 0 Å². The SMILES string of the molecule is FC(F)C(F)C(F)C(F)(F)C(F)(F)C(F)(F)C(F)(F)C(F)c1ccc(Br)cc1. The Kier molecular flexibility index (Phi) is 7.01. The van der Waals surface area contributed by atoms with Gasteiger partial charge >= 0.3 is 23.7 Å². The molecule has 0 aromatic heterocycles. The van der Waals surface area contributed by atoms with E-state index in [0.717, 1.165) is 12.1 Å². The van der Waals surface area contributed by atoms with Crippen molar-refractivity contribution < 1.29 is 57.1 Å². The lowest BCUT2D eigenvalue weighted by Gasteiger charge is -2.39. The molecule has 0 nitrogen and oxygen atoms in total. The molecule has 3 atom stereocenters. The Morgan fingerprint density at radius 2 is 1.04 bits per heavy atom. The minimum Gasteiger partial charge on any atom is -0.238 e. The van der Waals surface area contributed by atoms with Gasteiger partial charge in [-0.05, 0) is 17.7 Å². The molecule has 0 aliphatic heterocycles. The normalized spacial score (nSPS) is 17.5. The largest absolute Gasteiger partial charge is 0.381 e. The number of alkyl halides is 13. The summed E-state index contributed by atoms with van der Waals surface area (Å²) in [6.07, 6.45) is -18.9. The first kappa shape index (κ1) is 24.8. The van der Waals surface area contributed by atoms with E-state index in [-0.39, 0.29) is 4.47 Å². The third kappa shape index (κ3) is 3.92. The predicted molar refractivity (Wildman–Crippen MR) is 73.6 cm³/mol. The van der Waals surface area contributed by atoms with Gasteiger partial charge in [0.15, 0.2) is 12.3 Å². The van der Waals surface area contributed by atoms with Crippen LogP contribution in [-0.4, -0.2) is 42.5 Å². The van der Waals surface area contributed by atoms with E-state index in [1.165, 1.54) is 0 Å². The van der Waals surface area contributed by atoms with E-state index in [9.17, 15) is 57.1 Å². The fraction of sp³-hybridized carbons (Fsp3) is 0.571. The van der Waals surface area contributed by atoms with Crippen molar-refractivity contribution in [3.63, 3.8) is 0 Å². The highest BCUT2D eigenvalue weighted by atomic mass is 79.9. The van der Waals surface area contributed by atoms with Gasteiger partial charge in [-0.3, -0.25) is 0 Å². The maximum absolute atomic E-state index is 13.8. The van der Waals surface area contributed by atoms with E-state index in [4.69, 9.17) is 0 Å². The van der Waals surface area contributed by atoms with E-state index in [1.807, 2.05) is 0 Å². The van der Waals surface area contributed by atoms with Crippen molar-refractivity contribution in [2.24, 2.45) is 0 Å². The molecule has 0 aliphatic rings. The van der Waals surface area contributed by atoms with Crippen molar-refractivity contribution in [1.82, 2.24) is 0 Å². The van der Waals surface area contributed by atoms with Crippen LogP contribution in [0, 0.1) is 0 Å². The highest BCUT2D eigenvalue weighted by molar-refractivity contribution is 9.10. The maximum Gasteiger partial charge on any atom is 0.381 e. The van der Waals surface area contributed by atoms with E-state index >= 15 is 0 Å². The van der Waals surface area contributed by atoms with Gasteiger partial charge < -0.3 is 0 Å². The number of rotatable bonds is 8. The molecule has 1 aromatic rings. The maximum atomic E-state index is 13.8. The summed E-state index contributed by atoms with van der Waals surface area (Å²) in [5, 5.41) is 0. The standard InChI is InChI=1S/C14H8BrF13/c15-6-3-1-5(2-4-6)8(17)11(21,22)13(25,26)14(27,28)12(23,24)9(18)7(16)10(19)20/h1-4,7-10H. The minimum absolute atomic E-state index is 0.122. The van der Waals surface area contributed by atoms with E-state index in [1.54, 1.807) is 0 Å². The first-order valence-corrected chi connectivity index (χ1v) is 7.69. The molecule has 162 valence electrons. The topological polar surface area (TPSA) is 0 Å². The predicted octanol–water partition coefficient (Wildman–Crippen LogP) is 6.94. The molecule has 0 radical (unpaired) electrons. The summed E-state index contributed by atoms with van der Waals surface area (Å²) < 4.78 is 172. The number of halogens is 14. The zero-order chi connectivity index (χ0) is 22.3. The summed E-state index contributed by atoms with van der Waals surface area (Å²) in [4.78, 5) is 0. The van der Waals surface area contributed by atoms with Gasteiger partial charge in [-0.15, -0.1) is 0 Å². The molecule has 0 amide bonds. The molecule has 0 saturated heterocycles. The van der Waals surface area contributed by atoms with Crippen LogP contribution in [0.25, 0.3) is 0 Å². The monoisotopic (exact) mass is 502 g/mol. The summed E-state index contributed by atoms with van der Waals surface area (Å²) in [7, 11) is 0. The lowest BCUT2D eigenvalue weighted by atomic mass is 9.90. The van der Waals surface area contributed by atoms with Crippen molar-refractivity contribution in [3.8, 4) is 0 Å². The van der Waals surface area contributed by atoms with Gasteiger partial charge in [-0.1, -0.05) is 28.1 Å². The first-order valence-electron chi connectivity index (χ1n) is 6.90. The zero-order valence-corrected chi connectivity index (χ0v) is 14.5. The second-order valence-corrected chi connectivity index (χ2v) is 6.41. The van der Waals surface area contributed by atoms with Crippen molar-refractivity contribution >= 4 is 15.9 Å². The van der Waals surface area contributed by atoms with Crippen LogP contribution in [0.15, 0.2) is 28.7 Å². The minimum atomic E-state index is -7.44. The summed E-state index contributed by atoms with van der Waals surface area (Å²) in [5.74, 6) is -28.3. The third-order valence-corrected chi connectivity index (χ3v) is 4.11. The van der Waals surface area contributed by atoms with Crippen LogP contribution in [0.4, 0.5) is 57.1 Å². The molecule has 0 fully saturated rings. The summed E-state index contributed by atoms with van der Waals surface area (Å²) in [5.41, 5.74) is -1.33.